The molecule has 0 radical (unpaired) electrons. The smallest absolute Gasteiger partial charge is 0.0656 e. The van der Waals surface area contributed by atoms with Crippen LogP contribution in [0.2, 0.25) is 0 Å². The van der Waals surface area contributed by atoms with Crippen LogP contribution in [0.1, 0.15) is 12.5 Å². The Hall–Kier alpha value is -1.31. The Morgan fingerprint density at radius 1 is 1.42 bits per heavy atom. The normalized spacial score (nSPS) is 10.6. The average Bonchev–Trinajstić information content (AvgIpc) is 2.09. The number of anilines is 1. The number of benzene rings is 1. The molecule has 0 unspecified atom stereocenters. The van der Waals surface area contributed by atoms with Crippen LogP contribution in [0.3, 0.4) is 0 Å². The Bertz CT molecular complexity index is 290. The summed E-state index contributed by atoms with van der Waals surface area (Å²) >= 11 is 0. The Morgan fingerprint density at radius 2 is 2.17 bits per heavy atom. The molecule has 0 aliphatic carbocycles. The summed E-state index contributed by atoms with van der Waals surface area (Å²) in [5.74, 6) is 0. The van der Waals surface area contributed by atoms with E-state index < -0.39 is 0 Å². The molecular formula is C10H14N2. The topological polar surface area (TPSA) is 24.4 Å². The molecule has 12 heavy (non-hydrogen) atoms. The van der Waals surface area contributed by atoms with Crippen molar-refractivity contribution in [3.05, 3.63) is 23.8 Å². The van der Waals surface area contributed by atoms with Crippen LogP contribution < -0.4 is 5.32 Å². The van der Waals surface area contributed by atoms with Gasteiger partial charge in [0.1, 0.15) is 0 Å². The molecule has 0 atom stereocenters. The van der Waals surface area contributed by atoms with E-state index in [9.17, 15) is 0 Å². The number of nitrogens with one attached hydrogen (secondary N) is 1. The summed E-state index contributed by atoms with van der Waals surface area (Å²) in [7, 11) is 1.91. The molecule has 0 heterocycles. The highest BCUT2D eigenvalue weighted by molar-refractivity contribution is 5.64. The van der Waals surface area contributed by atoms with Crippen molar-refractivity contribution in [3.63, 3.8) is 0 Å². The van der Waals surface area contributed by atoms with E-state index in [1.165, 1.54) is 5.56 Å². The fourth-order valence-corrected chi connectivity index (χ4v) is 1.09. The SMILES string of the molecule is CC=Nc1ccc(NC)cc1C. The molecule has 1 aromatic carbocycles. The first kappa shape index (κ1) is 8.78. The first-order valence-electron chi connectivity index (χ1n) is 4.05. The van der Waals surface area contributed by atoms with Gasteiger partial charge in [-0.05, 0) is 37.6 Å². The zero-order chi connectivity index (χ0) is 8.97. The van der Waals surface area contributed by atoms with Crippen molar-refractivity contribution >= 4 is 17.6 Å². The predicted molar refractivity (Wildman–Crippen MR) is 54.6 cm³/mol. The van der Waals surface area contributed by atoms with Gasteiger partial charge in [0.25, 0.3) is 0 Å². The molecule has 0 saturated heterocycles. The molecule has 0 saturated carbocycles. The van der Waals surface area contributed by atoms with Crippen LogP contribution in [0.4, 0.5) is 11.4 Å². The van der Waals surface area contributed by atoms with Crippen molar-refractivity contribution in [1.29, 1.82) is 0 Å². The lowest BCUT2D eigenvalue weighted by Crippen LogP contribution is -1.87. The van der Waals surface area contributed by atoms with Crippen molar-refractivity contribution in [3.8, 4) is 0 Å². The summed E-state index contributed by atoms with van der Waals surface area (Å²) in [5, 5.41) is 3.09. The van der Waals surface area contributed by atoms with Gasteiger partial charge in [-0.3, -0.25) is 4.99 Å². The van der Waals surface area contributed by atoms with Gasteiger partial charge < -0.3 is 5.32 Å². The monoisotopic (exact) mass is 162 g/mol. The maximum Gasteiger partial charge on any atom is 0.0656 e. The third-order valence-corrected chi connectivity index (χ3v) is 1.75. The number of hydrogen-bond donors (Lipinski definition) is 1. The van der Waals surface area contributed by atoms with Gasteiger partial charge >= 0.3 is 0 Å². The van der Waals surface area contributed by atoms with E-state index in [1.54, 1.807) is 6.21 Å². The number of aliphatic imine (C=N–C) groups is 1. The van der Waals surface area contributed by atoms with Gasteiger partial charge in [-0.2, -0.15) is 0 Å². The third-order valence-electron chi connectivity index (χ3n) is 1.75. The van der Waals surface area contributed by atoms with Crippen molar-refractivity contribution in [2.45, 2.75) is 13.8 Å². The summed E-state index contributed by atoms with van der Waals surface area (Å²) < 4.78 is 0. The average molecular weight is 162 g/mol. The van der Waals surface area contributed by atoms with Gasteiger partial charge in [0.05, 0.1) is 5.69 Å². The van der Waals surface area contributed by atoms with E-state index in [-0.39, 0.29) is 0 Å². The van der Waals surface area contributed by atoms with Gasteiger partial charge in [0.2, 0.25) is 0 Å². The van der Waals surface area contributed by atoms with Crippen molar-refractivity contribution in [2.75, 3.05) is 12.4 Å². The van der Waals surface area contributed by atoms with Crippen LogP contribution in [-0.2, 0) is 0 Å². The third kappa shape index (κ3) is 1.84. The standard InChI is InChI=1S/C10H14N2/c1-4-12-10-6-5-9(11-3)7-8(10)2/h4-7,11H,1-3H3. The minimum atomic E-state index is 1.04. The van der Waals surface area contributed by atoms with Gasteiger partial charge in [0, 0.05) is 18.9 Å². The van der Waals surface area contributed by atoms with Crippen LogP contribution in [0, 0.1) is 6.92 Å². The number of aryl methyl sites for hydroxylation is 1. The molecule has 1 rings (SSSR count). The fraction of sp³-hybridized carbons (Fsp3) is 0.300. The highest BCUT2D eigenvalue weighted by atomic mass is 14.8. The minimum absolute atomic E-state index is 1.04. The molecule has 0 spiro atoms. The Balaban J connectivity index is 3.03. The molecule has 2 heteroatoms. The van der Waals surface area contributed by atoms with Crippen LogP contribution in [0.25, 0.3) is 0 Å². The van der Waals surface area contributed by atoms with Crippen LogP contribution in [0.15, 0.2) is 23.2 Å². The summed E-state index contributed by atoms with van der Waals surface area (Å²) in [5.41, 5.74) is 3.36. The Morgan fingerprint density at radius 3 is 2.67 bits per heavy atom. The number of hydrogen-bond acceptors (Lipinski definition) is 2. The molecular weight excluding hydrogens is 148 g/mol. The maximum absolute atomic E-state index is 4.23. The van der Waals surface area contributed by atoms with Crippen LogP contribution in [-0.4, -0.2) is 13.3 Å². The summed E-state index contributed by atoms with van der Waals surface area (Å²) in [6.45, 7) is 3.98. The summed E-state index contributed by atoms with van der Waals surface area (Å²) in [6.07, 6.45) is 1.81. The molecule has 0 fully saturated rings. The lowest BCUT2D eigenvalue weighted by molar-refractivity contribution is 1.38. The fourth-order valence-electron chi connectivity index (χ4n) is 1.09. The second-order valence-electron chi connectivity index (χ2n) is 2.64. The first-order chi connectivity index (χ1) is 5.77. The molecule has 0 bridgehead atoms. The van der Waals surface area contributed by atoms with E-state index in [4.69, 9.17) is 0 Å². The van der Waals surface area contributed by atoms with Gasteiger partial charge in [0.15, 0.2) is 0 Å². The maximum atomic E-state index is 4.23. The van der Waals surface area contributed by atoms with Gasteiger partial charge in [-0.15, -0.1) is 0 Å². The summed E-state index contributed by atoms with van der Waals surface area (Å²) in [4.78, 5) is 4.23. The molecule has 2 nitrogen and oxygen atoms in total. The molecule has 64 valence electrons. The van der Waals surface area contributed by atoms with E-state index in [0.717, 1.165) is 11.4 Å². The second-order valence-corrected chi connectivity index (χ2v) is 2.64. The highest BCUT2D eigenvalue weighted by Gasteiger charge is 1.95. The molecule has 1 N–H and O–H groups in total. The van der Waals surface area contributed by atoms with E-state index >= 15 is 0 Å². The van der Waals surface area contributed by atoms with Gasteiger partial charge in [-0.25, -0.2) is 0 Å². The minimum Gasteiger partial charge on any atom is -0.388 e. The lowest BCUT2D eigenvalue weighted by atomic mass is 10.2. The van der Waals surface area contributed by atoms with Crippen molar-refractivity contribution in [1.82, 2.24) is 0 Å². The molecule has 0 amide bonds. The lowest BCUT2D eigenvalue weighted by Gasteiger charge is -2.03. The molecule has 0 aromatic heterocycles. The molecule has 0 aliphatic heterocycles. The molecule has 1 aromatic rings. The van der Waals surface area contributed by atoms with E-state index in [1.807, 2.05) is 26.1 Å². The summed E-state index contributed by atoms with van der Waals surface area (Å²) in [6, 6.07) is 6.12. The van der Waals surface area contributed by atoms with Crippen molar-refractivity contribution in [2.24, 2.45) is 4.99 Å². The second kappa shape index (κ2) is 3.90. The van der Waals surface area contributed by atoms with Gasteiger partial charge in [-0.1, -0.05) is 0 Å². The number of rotatable bonds is 2. The van der Waals surface area contributed by atoms with E-state index in [2.05, 4.69) is 23.3 Å². The van der Waals surface area contributed by atoms with Crippen molar-refractivity contribution < 1.29 is 0 Å². The molecule has 0 aliphatic rings. The zero-order valence-electron chi connectivity index (χ0n) is 7.76. The largest absolute Gasteiger partial charge is 0.388 e. The Labute approximate surface area is 73.3 Å². The zero-order valence-corrected chi connectivity index (χ0v) is 7.76. The predicted octanol–water partition coefficient (Wildman–Crippen LogP) is 2.76. The van der Waals surface area contributed by atoms with Crippen LogP contribution in [0.5, 0.6) is 0 Å². The number of nitrogens with zero attached hydrogens (tertiary/aromatic N) is 1. The first-order valence-corrected chi connectivity index (χ1v) is 4.05. The highest BCUT2D eigenvalue weighted by Crippen LogP contribution is 2.21. The Kier molecular flexibility index (Phi) is 2.86. The van der Waals surface area contributed by atoms with Crippen LogP contribution >= 0.6 is 0 Å². The van der Waals surface area contributed by atoms with E-state index in [0.29, 0.717) is 0 Å². The quantitative estimate of drug-likeness (QED) is 0.664.